The number of rotatable bonds is 7. The van der Waals surface area contributed by atoms with Crippen molar-refractivity contribution < 1.29 is 23.2 Å². The lowest BCUT2D eigenvalue weighted by molar-refractivity contribution is 0.0935. The fourth-order valence-electron chi connectivity index (χ4n) is 3.35. The van der Waals surface area contributed by atoms with E-state index >= 15 is 0 Å². The molecule has 0 saturated heterocycles. The van der Waals surface area contributed by atoms with Gasteiger partial charge < -0.3 is 23.7 Å². The predicted octanol–water partition coefficient (Wildman–Crippen LogP) is 5.12. The highest BCUT2D eigenvalue weighted by Gasteiger charge is 2.18. The van der Waals surface area contributed by atoms with Crippen LogP contribution in [0.1, 0.15) is 46.1 Å². The van der Waals surface area contributed by atoms with Gasteiger partial charge in [0.15, 0.2) is 11.5 Å². The van der Waals surface area contributed by atoms with Gasteiger partial charge in [-0.15, -0.1) is 0 Å². The summed E-state index contributed by atoms with van der Waals surface area (Å²) in [7, 11) is 1.54. The van der Waals surface area contributed by atoms with Crippen LogP contribution in [0.3, 0.4) is 0 Å². The van der Waals surface area contributed by atoms with Crippen LogP contribution in [0.25, 0.3) is 11.0 Å². The van der Waals surface area contributed by atoms with Crippen LogP contribution in [-0.4, -0.2) is 18.2 Å². The number of methoxy groups -OCH3 is 1. The van der Waals surface area contributed by atoms with Crippen LogP contribution in [0, 0.1) is 13.8 Å². The number of fused-ring (bicyclic) bond motifs is 1. The molecule has 160 valence electrons. The van der Waals surface area contributed by atoms with Crippen molar-refractivity contribution in [1.29, 1.82) is 0 Å². The SMILES string of the molecule is COc1cc(C(=O)N[C@@H](C)c2cc3ccccc3o2)ccc1OCc1c(C)noc1C. The standard InChI is InChI=1S/C24H24N2O5/c1-14-19(16(3)31-26-14)13-29-21-10-9-18(12-23(21)28-4)24(27)25-15(2)22-11-17-7-5-6-8-20(17)30-22/h5-12,15H,13H2,1-4H3,(H,25,27)/t15-/m0/s1. The first-order valence-electron chi connectivity index (χ1n) is 9.98. The van der Waals surface area contributed by atoms with E-state index in [1.54, 1.807) is 18.2 Å². The monoisotopic (exact) mass is 420 g/mol. The van der Waals surface area contributed by atoms with Crippen molar-refractivity contribution in [2.45, 2.75) is 33.4 Å². The van der Waals surface area contributed by atoms with Crippen LogP contribution < -0.4 is 14.8 Å². The lowest BCUT2D eigenvalue weighted by atomic mass is 10.1. The number of furan rings is 1. The van der Waals surface area contributed by atoms with Gasteiger partial charge in [-0.1, -0.05) is 23.4 Å². The zero-order valence-electron chi connectivity index (χ0n) is 17.9. The Balaban J connectivity index is 1.46. The molecular weight excluding hydrogens is 396 g/mol. The maximum absolute atomic E-state index is 12.8. The molecule has 2 aromatic carbocycles. The maximum atomic E-state index is 12.8. The smallest absolute Gasteiger partial charge is 0.252 e. The number of hydrogen-bond acceptors (Lipinski definition) is 6. The summed E-state index contributed by atoms with van der Waals surface area (Å²) in [5, 5.41) is 7.89. The van der Waals surface area contributed by atoms with Crippen molar-refractivity contribution in [3.8, 4) is 11.5 Å². The molecule has 0 unspecified atom stereocenters. The average molecular weight is 420 g/mol. The summed E-state index contributed by atoms with van der Waals surface area (Å²) < 4.78 is 22.3. The second-order valence-corrected chi connectivity index (χ2v) is 7.34. The van der Waals surface area contributed by atoms with Crippen molar-refractivity contribution >= 4 is 16.9 Å². The van der Waals surface area contributed by atoms with E-state index in [1.807, 2.05) is 51.1 Å². The van der Waals surface area contributed by atoms with Gasteiger partial charge in [0.2, 0.25) is 0 Å². The van der Waals surface area contributed by atoms with Gasteiger partial charge in [-0.05, 0) is 51.1 Å². The molecular formula is C24H24N2O5. The number of carbonyl (C=O) groups excluding carboxylic acids is 1. The van der Waals surface area contributed by atoms with Crippen LogP contribution in [0.15, 0.2) is 57.5 Å². The predicted molar refractivity (Wildman–Crippen MR) is 115 cm³/mol. The maximum Gasteiger partial charge on any atom is 0.252 e. The third-order valence-corrected chi connectivity index (χ3v) is 5.20. The molecule has 31 heavy (non-hydrogen) atoms. The Labute approximate surface area is 179 Å². The van der Waals surface area contributed by atoms with Gasteiger partial charge in [-0.25, -0.2) is 0 Å². The van der Waals surface area contributed by atoms with Crippen LogP contribution in [0.5, 0.6) is 11.5 Å². The van der Waals surface area contributed by atoms with Gasteiger partial charge in [0.1, 0.15) is 23.7 Å². The second kappa shape index (κ2) is 8.55. The molecule has 0 aliphatic heterocycles. The summed E-state index contributed by atoms with van der Waals surface area (Å²) in [6, 6.07) is 14.5. The number of aryl methyl sites for hydroxylation is 2. The van der Waals surface area contributed by atoms with Gasteiger partial charge in [0.25, 0.3) is 5.91 Å². The first-order chi connectivity index (χ1) is 15.0. The number of benzene rings is 2. The summed E-state index contributed by atoms with van der Waals surface area (Å²) in [5.41, 5.74) is 2.93. The molecule has 0 bridgehead atoms. The molecule has 1 atom stereocenters. The zero-order chi connectivity index (χ0) is 22.0. The van der Waals surface area contributed by atoms with Gasteiger partial charge in [0.05, 0.1) is 24.4 Å². The highest BCUT2D eigenvalue weighted by atomic mass is 16.5. The summed E-state index contributed by atoms with van der Waals surface area (Å²) in [5.74, 6) is 2.18. The first kappa shape index (κ1) is 20.5. The number of aromatic nitrogens is 1. The molecule has 4 rings (SSSR count). The first-order valence-corrected chi connectivity index (χ1v) is 9.98. The number of carbonyl (C=O) groups is 1. The highest BCUT2D eigenvalue weighted by Crippen LogP contribution is 2.30. The topological polar surface area (TPSA) is 86.7 Å². The van der Waals surface area contributed by atoms with E-state index < -0.39 is 0 Å². The Morgan fingerprint density at radius 1 is 1.13 bits per heavy atom. The molecule has 0 saturated carbocycles. The number of ether oxygens (including phenoxy) is 2. The molecule has 0 aliphatic carbocycles. The Hall–Kier alpha value is -3.74. The van der Waals surface area contributed by atoms with Crippen molar-refractivity contribution in [3.63, 3.8) is 0 Å². The van der Waals surface area contributed by atoms with Gasteiger partial charge in [-0.3, -0.25) is 4.79 Å². The minimum atomic E-state index is -0.290. The summed E-state index contributed by atoms with van der Waals surface area (Å²) >= 11 is 0. The molecule has 0 spiro atoms. The Morgan fingerprint density at radius 2 is 1.94 bits per heavy atom. The second-order valence-electron chi connectivity index (χ2n) is 7.34. The molecule has 0 fully saturated rings. The third-order valence-electron chi connectivity index (χ3n) is 5.20. The van der Waals surface area contributed by atoms with E-state index in [1.165, 1.54) is 7.11 Å². The van der Waals surface area contributed by atoms with Crippen molar-refractivity contribution in [3.05, 3.63) is 76.9 Å². The molecule has 0 radical (unpaired) electrons. The molecule has 2 heterocycles. The zero-order valence-corrected chi connectivity index (χ0v) is 17.9. The number of hydrogen-bond donors (Lipinski definition) is 1. The number of para-hydroxylation sites is 1. The van der Waals surface area contributed by atoms with Crippen LogP contribution in [0.4, 0.5) is 0 Å². The molecule has 7 nitrogen and oxygen atoms in total. The van der Waals surface area contributed by atoms with Crippen LogP contribution >= 0.6 is 0 Å². The van der Waals surface area contributed by atoms with Crippen molar-refractivity contribution in [1.82, 2.24) is 10.5 Å². The summed E-state index contributed by atoms with van der Waals surface area (Å²) in [6.45, 7) is 5.88. The van der Waals surface area contributed by atoms with Crippen LogP contribution in [-0.2, 0) is 6.61 Å². The minimum absolute atomic E-state index is 0.233. The van der Waals surface area contributed by atoms with Gasteiger partial charge in [0, 0.05) is 10.9 Å². The Morgan fingerprint density at radius 3 is 2.65 bits per heavy atom. The third kappa shape index (κ3) is 4.26. The molecule has 4 aromatic rings. The number of amides is 1. The van der Waals surface area contributed by atoms with E-state index in [2.05, 4.69) is 10.5 Å². The lowest BCUT2D eigenvalue weighted by Gasteiger charge is -2.14. The quantitative estimate of drug-likeness (QED) is 0.447. The van der Waals surface area contributed by atoms with Crippen molar-refractivity contribution in [2.75, 3.05) is 7.11 Å². The minimum Gasteiger partial charge on any atom is -0.493 e. The Kier molecular flexibility index (Phi) is 5.66. The fourth-order valence-corrected chi connectivity index (χ4v) is 3.35. The number of nitrogens with one attached hydrogen (secondary N) is 1. The van der Waals surface area contributed by atoms with Crippen molar-refractivity contribution in [2.24, 2.45) is 0 Å². The lowest BCUT2D eigenvalue weighted by Crippen LogP contribution is -2.26. The van der Waals surface area contributed by atoms with Gasteiger partial charge in [-0.2, -0.15) is 0 Å². The van der Waals surface area contributed by atoms with Crippen LogP contribution in [0.2, 0.25) is 0 Å². The molecule has 2 aromatic heterocycles. The molecule has 1 N–H and O–H groups in total. The normalized spacial score (nSPS) is 12.0. The largest absolute Gasteiger partial charge is 0.493 e. The van der Waals surface area contributed by atoms with E-state index in [0.717, 1.165) is 22.2 Å². The summed E-state index contributed by atoms with van der Waals surface area (Å²) in [6.07, 6.45) is 0. The Bertz CT molecular complexity index is 1170. The molecule has 7 heteroatoms. The van der Waals surface area contributed by atoms with E-state index in [0.29, 0.717) is 35.2 Å². The molecule has 0 aliphatic rings. The van der Waals surface area contributed by atoms with E-state index in [-0.39, 0.29) is 11.9 Å². The van der Waals surface area contributed by atoms with Gasteiger partial charge >= 0.3 is 0 Å². The highest BCUT2D eigenvalue weighted by molar-refractivity contribution is 5.95. The molecule has 1 amide bonds. The average Bonchev–Trinajstić information content (AvgIpc) is 3.35. The van der Waals surface area contributed by atoms with E-state index in [4.69, 9.17) is 18.4 Å². The summed E-state index contributed by atoms with van der Waals surface area (Å²) in [4.78, 5) is 12.8. The van der Waals surface area contributed by atoms with E-state index in [9.17, 15) is 4.79 Å². The fraction of sp³-hybridized carbons (Fsp3) is 0.250. The number of nitrogens with zero attached hydrogens (tertiary/aromatic N) is 1.